The van der Waals surface area contributed by atoms with Gasteiger partial charge in [0, 0.05) is 38.6 Å². The lowest BCUT2D eigenvalue weighted by Crippen LogP contribution is -2.33. The van der Waals surface area contributed by atoms with E-state index in [0.29, 0.717) is 13.0 Å². The van der Waals surface area contributed by atoms with Crippen molar-refractivity contribution in [2.24, 2.45) is 0 Å². The van der Waals surface area contributed by atoms with Gasteiger partial charge in [0.25, 0.3) is 0 Å². The summed E-state index contributed by atoms with van der Waals surface area (Å²) in [6.07, 6.45) is 6.64. The van der Waals surface area contributed by atoms with Gasteiger partial charge in [0.15, 0.2) is 0 Å². The van der Waals surface area contributed by atoms with Gasteiger partial charge in [-0.25, -0.2) is 0 Å². The average Bonchev–Trinajstić information content (AvgIpc) is 2.97. The lowest BCUT2D eigenvalue weighted by atomic mass is 10.1. The molecule has 0 aromatic carbocycles. The van der Waals surface area contributed by atoms with Crippen molar-refractivity contribution in [1.29, 1.82) is 0 Å². The van der Waals surface area contributed by atoms with E-state index in [1.165, 1.54) is 7.11 Å². The number of hydrogen-bond donors (Lipinski definition) is 0. The molecule has 1 aromatic heterocycles. The summed E-state index contributed by atoms with van der Waals surface area (Å²) in [5, 5.41) is 0. The molecule has 5 nitrogen and oxygen atoms in total. The molecule has 0 bridgehead atoms. The van der Waals surface area contributed by atoms with Gasteiger partial charge in [0.2, 0.25) is 0 Å². The molecule has 116 valence electrons. The first kappa shape index (κ1) is 15.9. The number of methoxy groups -OCH3 is 1. The Morgan fingerprint density at radius 2 is 2.38 bits per heavy atom. The molecule has 1 aliphatic heterocycles. The molecule has 0 aliphatic carbocycles. The zero-order valence-corrected chi connectivity index (χ0v) is 12.9. The topological polar surface area (TPSA) is 51.7 Å². The second-order valence-corrected chi connectivity index (χ2v) is 5.57. The third-order valence-corrected chi connectivity index (χ3v) is 3.68. The van der Waals surface area contributed by atoms with E-state index in [1.54, 1.807) is 0 Å². The number of ether oxygens (including phenoxy) is 2. The number of aromatic nitrogens is 1. The van der Waals surface area contributed by atoms with E-state index in [-0.39, 0.29) is 12.1 Å². The minimum Gasteiger partial charge on any atom is -0.469 e. The van der Waals surface area contributed by atoms with Gasteiger partial charge in [-0.3, -0.25) is 14.7 Å². The molecule has 5 heteroatoms. The van der Waals surface area contributed by atoms with Crippen LogP contribution in [0.25, 0.3) is 0 Å². The predicted octanol–water partition coefficient (Wildman–Crippen LogP) is 1.93. The summed E-state index contributed by atoms with van der Waals surface area (Å²) >= 11 is 0. The summed E-state index contributed by atoms with van der Waals surface area (Å²) < 4.78 is 10.4. The second kappa shape index (κ2) is 8.10. The number of carbonyl (C=O) groups is 1. The van der Waals surface area contributed by atoms with E-state index in [1.807, 2.05) is 19.3 Å². The van der Waals surface area contributed by atoms with E-state index in [0.717, 1.165) is 43.7 Å². The van der Waals surface area contributed by atoms with Gasteiger partial charge in [0.1, 0.15) is 0 Å². The summed E-state index contributed by atoms with van der Waals surface area (Å²) in [6, 6.07) is 2.13. The third-order valence-electron chi connectivity index (χ3n) is 3.68. The molecule has 21 heavy (non-hydrogen) atoms. The molecular formula is C16H24N2O3. The summed E-state index contributed by atoms with van der Waals surface area (Å²) in [5.41, 5.74) is 2.32. The van der Waals surface area contributed by atoms with Crippen LogP contribution in [0.5, 0.6) is 0 Å². The van der Waals surface area contributed by atoms with Crippen LogP contribution in [0.1, 0.15) is 30.4 Å². The zero-order valence-electron chi connectivity index (χ0n) is 12.9. The monoisotopic (exact) mass is 292 g/mol. The highest BCUT2D eigenvalue weighted by Crippen LogP contribution is 2.15. The van der Waals surface area contributed by atoms with Gasteiger partial charge in [-0.1, -0.05) is 6.07 Å². The number of pyridine rings is 1. The molecule has 1 fully saturated rings. The molecule has 0 radical (unpaired) electrons. The molecule has 2 rings (SSSR count). The lowest BCUT2D eigenvalue weighted by molar-refractivity contribution is -0.141. The van der Waals surface area contributed by atoms with Gasteiger partial charge >= 0.3 is 5.97 Å². The van der Waals surface area contributed by atoms with Gasteiger partial charge in [-0.05, 0) is 30.9 Å². The molecular weight excluding hydrogens is 268 g/mol. The van der Waals surface area contributed by atoms with Gasteiger partial charge in [-0.2, -0.15) is 0 Å². The maximum Gasteiger partial charge on any atom is 0.306 e. The number of carbonyl (C=O) groups excluding carboxylic acids is 1. The Morgan fingerprint density at radius 1 is 1.52 bits per heavy atom. The summed E-state index contributed by atoms with van der Waals surface area (Å²) in [6.45, 7) is 5.20. The van der Waals surface area contributed by atoms with Gasteiger partial charge in [-0.15, -0.1) is 0 Å². The van der Waals surface area contributed by atoms with Crippen LogP contribution >= 0.6 is 0 Å². The Balaban J connectivity index is 1.94. The van der Waals surface area contributed by atoms with Crippen LogP contribution in [0.2, 0.25) is 0 Å². The third kappa shape index (κ3) is 5.44. The summed E-state index contributed by atoms with van der Waals surface area (Å²) in [7, 11) is 1.43. The van der Waals surface area contributed by atoms with Crippen molar-refractivity contribution < 1.29 is 14.3 Å². The second-order valence-electron chi connectivity index (χ2n) is 5.57. The van der Waals surface area contributed by atoms with E-state index >= 15 is 0 Å². The van der Waals surface area contributed by atoms with Crippen LogP contribution in [0.15, 0.2) is 18.5 Å². The fraction of sp³-hybridized carbons (Fsp3) is 0.625. The molecule has 2 heterocycles. The minimum absolute atomic E-state index is 0.172. The van der Waals surface area contributed by atoms with Crippen LogP contribution in [-0.2, 0) is 20.8 Å². The van der Waals surface area contributed by atoms with Crippen molar-refractivity contribution in [2.75, 3.05) is 26.8 Å². The molecule has 1 atom stereocenters. The Morgan fingerprint density at radius 3 is 3.05 bits per heavy atom. The van der Waals surface area contributed by atoms with E-state index in [4.69, 9.17) is 9.47 Å². The number of hydrogen-bond acceptors (Lipinski definition) is 5. The van der Waals surface area contributed by atoms with E-state index in [2.05, 4.69) is 16.0 Å². The molecule has 1 unspecified atom stereocenters. The van der Waals surface area contributed by atoms with Crippen molar-refractivity contribution in [3.8, 4) is 0 Å². The van der Waals surface area contributed by atoms with E-state index < -0.39 is 0 Å². The average molecular weight is 292 g/mol. The van der Waals surface area contributed by atoms with Crippen molar-refractivity contribution in [2.45, 2.75) is 38.8 Å². The Labute approximate surface area is 126 Å². The predicted molar refractivity (Wildman–Crippen MR) is 79.9 cm³/mol. The van der Waals surface area contributed by atoms with Gasteiger partial charge < -0.3 is 9.47 Å². The Hall–Kier alpha value is -1.46. The van der Waals surface area contributed by atoms with Crippen molar-refractivity contribution in [1.82, 2.24) is 9.88 Å². The number of nitrogens with zero attached hydrogens (tertiary/aromatic N) is 2. The minimum atomic E-state index is -0.172. The fourth-order valence-electron chi connectivity index (χ4n) is 2.62. The Bertz CT molecular complexity index is 459. The number of rotatable bonds is 7. The van der Waals surface area contributed by atoms with Gasteiger partial charge in [0.05, 0.1) is 19.6 Å². The first-order valence-corrected chi connectivity index (χ1v) is 7.48. The largest absolute Gasteiger partial charge is 0.469 e. The standard InChI is InChI=1S/C16H24N2O3/c1-13-8-14(10-17-9-13)11-18(6-5-16(19)20-2)12-15-4-3-7-21-15/h8-10,15H,3-7,11-12H2,1-2H3. The maximum atomic E-state index is 11.4. The van der Waals surface area contributed by atoms with Crippen LogP contribution in [0.3, 0.4) is 0 Å². The van der Waals surface area contributed by atoms with Crippen LogP contribution in [0.4, 0.5) is 0 Å². The summed E-state index contributed by atoms with van der Waals surface area (Å²) in [5.74, 6) is -0.172. The molecule has 0 N–H and O–H groups in total. The van der Waals surface area contributed by atoms with Crippen molar-refractivity contribution >= 4 is 5.97 Å². The first-order chi connectivity index (χ1) is 10.2. The van der Waals surface area contributed by atoms with Crippen molar-refractivity contribution in [3.63, 3.8) is 0 Å². The van der Waals surface area contributed by atoms with Crippen molar-refractivity contribution in [3.05, 3.63) is 29.6 Å². The highest BCUT2D eigenvalue weighted by atomic mass is 16.5. The highest BCUT2D eigenvalue weighted by molar-refractivity contribution is 5.69. The lowest BCUT2D eigenvalue weighted by Gasteiger charge is -2.24. The molecule has 1 aromatic rings. The molecule has 0 amide bonds. The van der Waals surface area contributed by atoms with Crippen LogP contribution < -0.4 is 0 Å². The number of aryl methyl sites for hydroxylation is 1. The quantitative estimate of drug-likeness (QED) is 0.719. The smallest absolute Gasteiger partial charge is 0.306 e. The SMILES string of the molecule is COC(=O)CCN(Cc1cncc(C)c1)CC1CCCO1. The fourth-order valence-corrected chi connectivity index (χ4v) is 2.62. The van der Waals surface area contributed by atoms with Crippen LogP contribution in [-0.4, -0.2) is 48.8 Å². The molecule has 1 aliphatic rings. The normalized spacial score (nSPS) is 18.1. The first-order valence-electron chi connectivity index (χ1n) is 7.48. The highest BCUT2D eigenvalue weighted by Gasteiger charge is 2.20. The summed E-state index contributed by atoms with van der Waals surface area (Å²) in [4.78, 5) is 17.9. The molecule has 1 saturated heterocycles. The van der Waals surface area contributed by atoms with Crippen LogP contribution in [0, 0.1) is 6.92 Å². The Kier molecular flexibility index (Phi) is 6.14. The molecule has 0 spiro atoms. The zero-order chi connectivity index (χ0) is 15.1. The number of esters is 1. The van der Waals surface area contributed by atoms with E-state index in [9.17, 15) is 4.79 Å². The maximum absolute atomic E-state index is 11.4. The molecule has 0 saturated carbocycles.